The van der Waals surface area contributed by atoms with Crippen molar-refractivity contribution in [2.75, 3.05) is 26.2 Å². The Kier molecular flexibility index (Phi) is 5.90. The monoisotopic (exact) mass is 439 g/mol. The van der Waals surface area contributed by atoms with E-state index in [-0.39, 0.29) is 5.91 Å². The number of sulfonamides is 1. The van der Waals surface area contributed by atoms with Gasteiger partial charge < -0.3 is 9.47 Å². The van der Waals surface area contributed by atoms with Gasteiger partial charge in [-0.05, 0) is 36.6 Å². The lowest BCUT2D eigenvalue weighted by molar-refractivity contribution is 0.0699. The lowest BCUT2D eigenvalue weighted by atomic mass is 10.0. The predicted molar refractivity (Wildman–Crippen MR) is 123 cm³/mol. The van der Waals surface area contributed by atoms with E-state index in [9.17, 15) is 13.2 Å². The van der Waals surface area contributed by atoms with E-state index in [2.05, 4.69) is 25.3 Å². The normalized spacial score (nSPS) is 15.7. The van der Waals surface area contributed by atoms with Gasteiger partial charge in [-0.2, -0.15) is 4.31 Å². The number of hydrogen-bond acceptors (Lipinski definition) is 3. The quantitative estimate of drug-likeness (QED) is 0.605. The van der Waals surface area contributed by atoms with E-state index in [1.54, 1.807) is 17.0 Å². The van der Waals surface area contributed by atoms with Gasteiger partial charge in [0.1, 0.15) is 0 Å². The zero-order chi connectivity index (χ0) is 22.2. The molecule has 1 fully saturated rings. The van der Waals surface area contributed by atoms with Crippen LogP contribution in [0.4, 0.5) is 0 Å². The number of hydrogen-bond donors (Lipinski definition) is 0. The maximum absolute atomic E-state index is 13.2. The van der Waals surface area contributed by atoms with E-state index in [0.717, 1.165) is 23.0 Å². The summed E-state index contributed by atoms with van der Waals surface area (Å²) in [7, 11) is -3.56. The molecule has 3 aromatic rings. The van der Waals surface area contributed by atoms with Crippen LogP contribution in [0.15, 0.2) is 59.6 Å². The molecule has 6 nitrogen and oxygen atoms in total. The van der Waals surface area contributed by atoms with Gasteiger partial charge >= 0.3 is 0 Å². The highest BCUT2D eigenvalue weighted by Gasteiger charge is 2.31. The van der Waals surface area contributed by atoms with E-state index in [1.807, 2.05) is 42.6 Å². The summed E-state index contributed by atoms with van der Waals surface area (Å²) in [6, 6.07) is 15.0. The first-order chi connectivity index (χ1) is 14.8. The molecule has 164 valence electrons. The fourth-order valence-electron chi connectivity index (χ4n) is 4.15. The molecule has 1 saturated heterocycles. The maximum Gasteiger partial charge on any atom is 0.256 e. The molecule has 0 bridgehead atoms. The standard InChI is InChI=1S/C24H29N3O3S/c1-4-25-17-22(21-7-5-6-8-23(21)25)24(28)26-13-15-27(16-14-26)31(29,30)20-11-9-19(10-12-20)18(2)3/h5-12,17-18H,4,13-16H2,1-3H3. The average molecular weight is 440 g/mol. The number of aromatic nitrogens is 1. The number of carbonyl (C=O) groups is 1. The van der Waals surface area contributed by atoms with E-state index in [0.29, 0.717) is 42.6 Å². The number of piperazine rings is 1. The van der Waals surface area contributed by atoms with Gasteiger partial charge in [0.15, 0.2) is 0 Å². The summed E-state index contributed by atoms with van der Waals surface area (Å²) in [4.78, 5) is 15.3. The molecular formula is C24H29N3O3S. The van der Waals surface area contributed by atoms with Crippen LogP contribution in [0.2, 0.25) is 0 Å². The Morgan fingerprint density at radius 1 is 0.968 bits per heavy atom. The third-order valence-corrected chi connectivity index (χ3v) is 7.98. The molecule has 1 aliphatic heterocycles. The molecule has 2 heterocycles. The van der Waals surface area contributed by atoms with Crippen molar-refractivity contribution >= 4 is 26.8 Å². The Hall–Kier alpha value is -2.64. The van der Waals surface area contributed by atoms with Crippen molar-refractivity contribution in [2.24, 2.45) is 0 Å². The van der Waals surface area contributed by atoms with Gasteiger partial charge in [-0.3, -0.25) is 4.79 Å². The molecular weight excluding hydrogens is 410 g/mol. The lowest BCUT2D eigenvalue weighted by Gasteiger charge is -2.34. The van der Waals surface area contributed by atoms with Gasteiger partial charge in [-0.1, -0.05) is 44.2 Å². The molecule has 1 amide bonds. The van der Waals surface area contributed by atoms with Crippen molar-refractivity contribution in [3.63, 3.8) is 0 Å². The van der Waals surface area contributed by atoms with Crippen LogP contribution in [0.25, 0.3) is 10.9 Å². The number of aryl methyl sites for hydroxylation is 1. The molecule has 1 aromatic heterocycles. The lowest BCUT2D eigenvalue weighted by Crippen LogP contribution is -2.50. The number of fused-ring (bicyclic) bond motifs is 1. The minimum atomic E-state index is -3.56. The Bertz CT molecular complexity index is 1190. The molecule has 4 rings (SSSR count). The molecule has 31 heavy (non-hydrogen) atoms. The SMILES string of the molecule is CCn1cc(C(=O)N2CCN(S(=O)(=O)c3ccc(C(C)C)cc3)CC2)c2ccccc21. The molecule has 2 aromatic carbocycles. The largest absolute Gasteiger partial charge is 0.347 e. The zero-order valence-corrected chi connectivity index (χ0v) is 19.1. The molecule has 0 N–H and O–H groups in total. The smallest absolute Gasteiger partial charge is 0.256 e. The second-order valence-electron chi connectivity index (χ2n) is 8.27. The minimum Gasteiger partial charge on any atom is -0.347 e. The summed E-state index contributed by atoms with van der Waals surface area (Å²) >= 11 is 0. The number of nitrogens with zero attached hydrogens (tertiary/aromatic N) is 3. The highest BCUT2D eigenvalue weighted by molar-refractivity contribution is 7.89. The van der Waals surface area contributed by atoms with Crippen LogP contribution in [0.3, 0.4) is 0 Å². The van der Waals surface area contributed by atoms with Gasteiger partial charge in [0.2, 0.25) is 10.0 Å². The number of para-hydroxylation sites is 1. The second kappa shape index (κ2) is 8.48. The highest BCUT2D eigenvalue weighted by Crippen LogP contribution is 2.25. The fraction of sp³-hybridized carbons (Fsp3) is 0.375. The maximum atomic E-state index is 13.2. The topological polar surface area (TPSA) is 62.6 Å². The molecule has 0 radical (unpaired) electrons. The molecule has 7 heteroatoms. The van der Waals surface area contributed by atoms with Gasteiger partial charge in [0.05, 0.1) is 10.5 Å². The van der Waals surface area contributed by atoms with E-state index < -0.39 is 10.0 Å². The molecule has 0 unspecified atom stereocenters. The van der Waals surface area contributed by atoms with E-state index >= 15 is 0 Å². The second-order valence-corrected chi connectivity index (χ2v) is 10.2. The van der Waals surface area contributed by atoms with Crippen molar-refractivity contribution in [1.82, 2.24) is 13.8 Å². The fourth-order valence-corrected chi connectivity index (χ4v) is 5.58. The summed E-state index contributed by atoms with van der Waals surface area (Å²) in [5, 5.41) is 0.939. The average Bonchev–Trinajstić information content (AvgIpc) is 3.17. The first kappa shape index (κ1) is 21.6. The molecule has 1 aliphatic rings. The van der Waals surface area contributed by atoms with Crippen molar-refractivity contribution in [1.29, 1.82) is 0 Å². The predicted octanol–water partition coefficient (Wildman–Crippen LogP) is 3.93. The van der Waals surface area contributed by atoms with Crippen LogP contribution in [0.5, 0.6) is 0 Å². The summed E-state index contributed by atoms with van der Waals surface area (Å²) in [6.07, 6.45) is 1.91. The Morgan fingerprint density at radius 2 is 1.61 bits per heavy atom. The molecule has 0 spiro atoms. The summed E-state index contributed by atoms with van der Waals surface area (Å²) < 4.78 is 29.7. The minimum absolute atomic E-state index is 0.0401. The van der Waals surface area contributed by atoms with Crippen molar-refractivity contribution in [2.45, 2.75) is 38.1 Å². The van der Waals surface area contributed by atoms with Crippen molar-refractivity contribution in [3.05, 3.63) is 65.9 Å². The van der Waals surface area contributed by atoms with E-state index in [1.165, 1.54) is 4.31 Å². The Labute approximate surface area is 184 Å². The van der Waals surface area contributed by atoms with Crippen LogP contribution in [0, 0.1) is 0 Å². The van der Waals surface area contributed by atoms with Gasteiger partial charge in [0, 0.05) is 49.8 Å². The summed E-state index contributed by atoms with van der Waals surface area (Å²) in [6.45, 7) is 8.36. The van der Waals surface area contributed by atoms with E-state index in [4.69, 9.17) is 0 Å². The molecule has 0 atom stereocenters. The third-order valence-electron chi connectivity index (χ3n) is 6.07. The molecule has 0 aliphatic carbocycles. The Morgan fingerprint density at radius 3 is 2.23 bits per heavy atom. The first-order valence-corrected chi connectivity index (χ1v) is 12.2. The molecule has 0 saturated carbocycles. The van der Waals surface area contributed by atoms with Crippen LogP contribution >= 0.6 is 0 Å². The number of rotatable bonds is 5. The van der Waals surface area contributed by atoms with Crippen LogP contribution in [-0.4, -0.2) is 54.3 Å². The van der Waals surface area contributed by atoms with Crippen LogP contribution < -0.4 is 0 Å². The van der Waals surface area contributed by atoms with Crippen molar-refractivity contribution in [3.8, 4) is 0 Å². The van der Waals surface area contributed by atoms with Gasteiger partial charge in [-0.15, -0.1) is 0 Å². The highest BCUT2D eigenvalue weighted by atomic mass is 32.2. The zero-order valence-electron chi connectivity index (χ0n) is 18.3. The number of amides is 1. The third kappa shape index (κ3) is 4.00. The number of benzene rings is 2. The van der Waals surface area contributed by atoms with Crippen molar-refractivity contribution < 1.29 is 13.2 Å². The summed E-state index contributed by atoms with van der Waals surface area (Å²) in [5.74, 6) is 0.312. The number of carbonyl (C=O) groups excluding carboxylic acids is 1. The van der Waals surface area contributed by atoms with Crippen LogP contribution in [0.1, 0.15) is 42.6 Å². The van der Waals surface area contributed by atoms with Gasteiger partial charge in [-0.25, -0.2) is 8.42 Å². The Balaban J connectivity index is 1.49. The first-order valence-electron chi connectivity index (χ1n) is 10.8. The van der Waals surface area contributed by atoms with Crippen LogP contribution in [-0.2, 0) is 16.6 Å². The summed E-state index contributed by atoms with van der Waals surface area (Å²) in [5.41, 5.74) is 2.83. The van der Waals surface area contributed by atoms with Gasteiger partial charge in [0.25, 0.3) is 5.91 Å².